The lowest BCUT2D eigenvalue weighted by Crippen LogP contribution is -2.30. The van der Waals surface area contributed by atoms with E-state index in [0.29, 0.717) is 19.3 Å². The van der Waals surface area contributed by atoms with Gasteiger partial charge in [-0.1, -0.05) is 231 Å². The Labute approximate surface area is 365 Å². The Morgan fingerprint density at radius 3 is 1.03 bits per heavy atom. The molecular formula is C53H96O6. The van der Waals surface area contributed by atoms with Crippen LogP contribution in [0, 0.1) is 0 Å². The lowest BCUT2D eigenvalue weighted by atomic mass is 10.0. The number of hydrogen-bond acceptors (Lipinski definition) is 6. The molecule has 0 aromatic heterocycles. The molecule has 0 spiro atoms. The first kappa shape index (κ1) is 56.6. The molecule has 6 nitrogen and oxygen atoms in total. The molecule has 0 amide bonds. The second-order valence-corrected chi connectivity index (χ2v) is 17.1. The van der Waals surface area contributed by atoms with E-state index >= 15 is 0 Å². The lowest BCUT2D eigenvalue weighted by Gasteiger charge is -2.18. The van der Waals surface area contributed by atoms with E-state index in [9.17, 15) is 14.4 Å². The molecule has 0 aliphatic carbocycles. The van der Waals surface area contributed by atoms with E-state index in [-0.39, 0.29) is 31.1 Å². The van der Waals surface area contributed by atoms with Gasteiger partial charge in [0.2, 0.25) is 0 Å². The third-order valence-corrected chi connectivity index (χ3v) is 11.2. The largest absolute Gasteiger partial charge is 0.462 e. The highest BCUT2D eigenvalue weighted by atomic mass is 16.6. The van der Waals surface area contributed by atoms with E-state index in [1.54, 1.807) is 0 Å². The molecule has 0 saturated carbocycles. The van der Waals surface area contributed by atoms with Gasteiger partial charge in [-0.15, -0.1) is 0 Å². The molecule has 0 heterocycles. The van der Waals surface area contributed by atoms with Gasteiger partial charge < -0.3 is 14.2 Å². The van der Waals surface area contributed by atoms with Gasteiger partial charge in [-0.05, 0) is 51.4 Å². The van der Waals surface area contributed by atoms with Crippen molar-refractivity contribution in [1.29, 1.82) is 0 Å². The van der Waals surface area contributed by atoms with Gasteiger partial charge in [0.05, 0.1) is 0 Å². The van der Waals surface area contributed by atoms with Crippen LogP contribution in [0.1, 0.15) is 265 Å². The molecule has 6 heteroatoms. The second-order valence-electron chi connectivity index (χ2n) is 17.1. The highest BCUT2D eigenvalue weighted by molar-refractivity contribution is 5.71. The molecule has 1 atom stereocenters. The molecule has 0 aromatic carbocycles. The molecule has 0 aromatic rings. The minimum absolute atomic E-state index is 0.0772. The maximum Gasteiger partial charge on any atom is 0.306 e. The molecule has 0 N–H and O–H groups in total. The van der Waals surface area contributed by atoms with Crippen molar-refractivity contribution >= 4 is 17.9 Å². The molecule has 0 rings (SSSR count). The SMILES string of the molecule is CC/C=C\C/C=C\C/C=C\CCCCCCC(=O)OC(COC(=O)CCCCCCCCCCCCCC)COC(=O)CCCCCCCCCCCCCCCCC. The van der Waals surface area contributed by atoms with Gasteiger partial charge in [-0.25, -0.2) is 0 Å². The Kier molecular flexibility index (Phi) is 46.4. The van der Waals surface area contributed by atoms with Crippen molar-refractivity contribution in [2.45, 2.75) is 271 Å². The predicted molar refractivity (Wildman–Crippen MR) is 252 cm³/mol. The molecule has 0 aliphatic rings. The molecule has 0 fully saturated rings. The summed E-state index contributed by atoms with van der Waals surface area (Å²) in [5.41, 5.74) is 0. The first-order valence-electron chi connectivity index (χ1n) is 25.5. The Bertz CT molecular complexity index is 1000. The van der Waals surface area contributed by atoms with Crippen LogP contribution in [-0.4, -0.2) is 37.2 Å². The number of allylic oxidation sites excluding steroid dienone is 6. The van der Waals surface area contributed by atoms with Gasteiger partial charge >= 0.3 is 17.9 Å². The van der Waals surface area contributed by atoms with Crippen LogP contribution >= 0.6 is 0 Å². The normalized spacial score (nSPS) is 12.3. The number of esters is 3. The Morgan fingerprint density at radius 1 is 0.356 bits per heavy atom. The third kappa shape index (κ3) is 46.5. The number of ether oxygens (including phenoxy) is 3. The molecule has 0 saturated heterocycles. The van der Waals surface area contributed by atoms with Gasteiger partial charge in [0, 0.05) is 19.3 Å². The fraction of sp³-hybridized carbons (Fsp3) is 0.830. The summed E-state index contributed by atoms with van der Waals surface area (Å²) in [4.78, 5) is 37.9. The zero-order valence-corrected chi connectivity index (χ0v) is 39.3. The average Bonchev–Trinajstić information content (AvgIpc) is 3.23. The monoisotopic (exact) mass is 829 g/mol. The van der Waals surface area contributed by atoms with Crippen LogP contribution in [0.4, 0.5) is 0 Å². The zero-order valence-electron chi connectivity index (χ0n) is 39.3. The van der Waals surface area contributed by atoms with Crippen molar-refractivity contribution in [2.75, 3.05) is 13.2 Å². The Balaban J connectivity index is 4.37. The van der Waals surface area contributed by atoms with E-state index in [1.165, 1.54) is 135 Å². The summed E-state index contributed by atoms with van der Waals surface area (Å²) in [6.45, 7) is 6.52. The van der Waals surface area contributed by atoms with E-state index in [4.69, 9.17) is 14.2 Å². The van der Waals surface area contributed by atoms with Gasteiger partial charge in [-0.2, -0.15) is 0 Å². The summed E-state index contributed by atoms with van der Waals surface area (Å²) in [6, 6.07) is 0. The summed E-state index contributed by atoms with van der Waals surface area (Å²) in [7, 11) is 0. The van der Waals surface area contributed by atoms with Gasteiger partial charge in [0.1, 0.15) is 13.2 Å². The van der Waals surface area contributed by atoms with Crippen LogP contribution in [0.5, 0.6) is 0 Å². The second kappa shape index (κ2) is 48.3. The molecule has 1 unspecified atom stereocenters. The predicted octanol–water partition coefficient (Wildman–Crippen LogP) is 16.5. The molecule has 0 bridgehead atoms. The van der Waals surface area contributed by atoms with E-state index in [1.807, 2.05) is 0 Å². The van der Waals surface area contributed by atoms with Crippen LogP contribution in [0.3, 0.4) is 0 Å². The fourth-order valence-corrected chi connectivity index (χ4v) is 7.34. The van der Waals surface area contributed by atoms with Crippen molar-refractivity contribution < 1.29 is 28.6 Å². The van der Waals surface area contributed by atoms with Crippen molar-refractivity contribution in [3.8, 4) is 0 Å². The summed E-state index contributed by atoms with van der Waals surface area (Å²) in [6.07, 6.45) is 55.5. The smallest absolute Gasteiger partial charge is 0.306 e. The van der Waals surface area contributed by atoms with Crippen molar-refractivity contribution in [1.82, 2.24) is 0 Å². The quantitative estimate of drug-likeness (QED) is 0.0263. The topological polar surface area (TPSA) is 78.9 Å². The lowest BCUT2D eigenvalue weighted by molar-refractivity contribution is -0.167. The number of carbonyl (C=O) groups excluding carboxylic acids is 3. The minimum atomic E-state index is -0.778. The highest BCUT2D eigenvalue weighted by Gasteiger charge is 2.19. The molecule has 0 radical (unpaired) electrons. The number of carbonyl (C=O) groups is 3. The van der Waals surface area contributed by atoms with Gasteiger partial charge in [0.15, 0.2) is 6.10 Å². The van der Waals surface area contributed by atoms with Crippen LogP contribution in [-0.2, 0) is 28.6 Å². The average molecular weight is 829 g/mol. The van der Waals surface area contributed by atoms with E-state index in [0.717, 1.165) is 89.9 Å². The highest BCUT2D eigenvalue weighted by Crippen LogP contribution is 2.16. The standard InChI is InChI=1S/C53H96O6/c1-4-7-10-13-16-19-22-25-27-29-31-34-37-40-43-46-52(55)58-49-50(48-57-51(54)45-42-39-36-33-30-24-21-18-15-12-9-6-3)59-53(56)47-44-41-38-35-32-28-26-23-20-17-14-11-8-5-2/h8,11,17,20,26,28,50H,4-7,9-10,12-16,18-19,21-25,27,29-49H2,1-3H3/b11-8-,20-17-,28-26-. The van der Waals surface area contributed by atoms with Crippen molar-refractivity contribution in [3.63, 3.8) is 0 Å². The maximum absolute atomic E-state index is 12.8. The Morgan fingerprint density at radius 2 is 0.661 bits per heavy atom. The van der Waals surface area contributed by atoms with Gasteiger partial charge in [0.25, 0.3) is 0 Å². The third-order valence-electron chi connectivity index (χ3n) is 11.2. The van der Waals surface area contributed by atoms with E-state index in [2.05, 4.69) is 57.2 Å². The van der Waals surface area contributed by atoms with Crippen LogP contribution in [0.15, 0.2) is 36.5 Å². The Hall–Kier alpha value is -2.37. The first-order chi connectivity index (χ1) is 29.0. The summed E-state index contributed by atoms with van der Waals surface area (Å²) in [5.74, 6) is -0.889. The van der Waals surface area contributed by atoms with Crippen LogP contribution in [0.25, 0.3) is 0 Å². The summed E-state index contributed by atoms with van der Waals surface area (Å²) in [5, 5.41) is 0. The molecular weight excluding hydrogens is 733 g/mol. The molecule has 59 heavy (non-hydrogen) atoms. The molecule has 344 valence electrons. The molecule has 0 aliphatic heterocycles. The minimum Gasteiger partial charge on any atom is -0.462 e. The summed E-state index contributed by atoms with van der Waals surface area (Å²) < 4.78 is 16.8. The van der Waals surface area contributed by atoms with E-state index < -0.39 is 6.10 Å². The number of rotatable bonds is 46. The van der Waals surface area contributed by atoms with Crippen molar-refractivity contribution in [2.24, 2.45) is 0 Å². The number of hydrogen-bond donors (Lipinski definition) is 0. The summed E-state index contributed by atoms with van der Waals surface area (Å²) >= 11 is 0. The van der Waals surface area contributed by atoms with Gasteiger partial charge in [-0.3, -0.25) is 14.4 Å². The fourth-order valence-electron chi connectivity index (χ4n) is 7.34. The van der Waals surface area contributed by atoms with Crippen molar-refractivity contribution in [3.05, 3.63) is 36.5 Å². The first-order valence-corrected chi connectivity index (χ1v) is 25.5. The maximum atomic E-state index is 12.8. The zero-order chi connectivity index (χ0) is 43.0. The number of unbranched alkanes of at least 4 members (excludes halogenated alkanes) is 29. The van der Waals surface area contributed by atoms with Crippen LogP contribution in [0.2, 0.25) is 0 Å². The van der Waals surface area contributed by atoms with Crippen LogP contribution < -0.4 is 0 Å².